The van der Waals surface area contributed by atoms with Crippen LogP contribution >= 0.6 is 0 Å². The monoisotopic (exact) mass is 390 g/mol. The molecule has 0 radical (unpaired) electrons. The Labute approximate surface area is 164 Å². The van der Waals surface area contributed by atoms with Gasteiger partial charge in [0.2, 0.25) is 0 Å². The summed E-state index contributed by atoms with van der Waals surface area (Å²) in [4.78, 5) is 0. The highest BCUT2D eigenvalue weighted by atomic mass is 16.7. The number of methoxy groups -OCH3 is 4. The van der Waals surface area contributed by atoms with Crippen molar-refractivity contribution in [1.82, 2.24) is 0 Å². The van der Waals surface area contributed by atoms with Crippen molar-refractivity contribution >= 4 is 0 Å². The van der Waals surface area contributed by atoms with Crippen molar-refractivity contribution < 1.29 is 33.2 Å². The number of allylic oxidation sites excluding steroid dienone is 2. The predicted molar refractivity (Wildman–Crippen MR) is 104 cm³/mol. The quantitative estimate of drug-likeness (QED) is 0.196. The fourth-order valence-corrected chi connectivity index (χ4v) is 2.31. The second kappa shape index (κ2) is 17.9. The third kappa shape index (κ3) is 11.8. The number of rotatable bonds is 18. The van der Waals surface area contributed by atoms with Gasteiger partial charge >= 0.3 is 0 Å². The Morgan fingerprint density at radius 1 is 0.519 bits per heavy atom. The highest BCUT2D eigenvalue weighted by molar-refractivity contribution is 5.02. The van der Waals surface area contributed by atoms with Gasteiger partial charge in [-0.05, 0) is 12.8 Å². The summed E-state index contributed by atoms with van der Waals surface area (Å²) in [5.74, 6) is 2.98. The molecule has 0 fully saturated rings. The van der Waals surface area contributed by atoms with Gasteiger partial charge in [-0.3, -0.25) is 0 Å². The van der Waals surface area contributed by atoms with E-state index in [9.17, 15) is 0 Å². The Hall–Kier alpha value is -1.44. The van der Waals surface area contributed by atoms with Crippen molar-refractivity contribution in [3.8, 4) is 0 Å². The molecule has 7 heteroatoms. The lowest BCUT2D eigenvalue weighted by molar-refractivity contribution is -0.130. The Balaban J connectivity index is 4.16. The van der Waals surface area contributed by atoms with E-state index in [1.165, 1.54) is 0 Å². The highest BCUT2D eigenvalue weighted by Crippen LogP contribution is 2.15. The Morgan fingerprint density at radius 2 is 0.889 bits per heavy atom. The fourth-order valence-electron chi connectivity index (χ4n) is 2.31. The molecule has 0 saturated carbocycles. The van der Waals surface area contributed by atoms with Crippen LogP contribution in [0.4, 0.5) is 0 Å². The van der Waals surface area contributed by atoms with Gasteiger partial charge in [-0.2, -0.15) is 0 Å². The first-order valence-corrected chi connectivity index (χ1v) is 9.51. The van der Waals surface area contributed by atoms with Crippen LogP contribution in [-0.4, -0.2) is 55.2 Å². The van der Waals surface area contributed by atoms with E-state index in [0.717, 1.165) is 50.0 Å². The molecule has 0 saturated heterocycles. The van der Waals surface area contributed by atoms with E-state index in [-0.39, 0.29) is 26.8 Å². The van der Waals surface area contributed by atoms with Gasteiger partial charge in [0.1, 0.15) is 38.3 Å². The van der Waals surface area contributed by atoms with Crippen LogP contribution in [0, 0.1) is 0 Å². The average Bonchev–Trinajstić information content (AvgIpc) is 2.70. The van der Waals surface area contributed by atoms with Crippen LogP contribution in [0.25, 0.3) is 0 Å². The molecule has 0 bridgehead atoms. The third-order valence-electron chi connectivity index (χ3n) is 3.92. The van der Waals surface area contributed by atoms with E-state index in [0.29, 0.717) is 11.5 Å². The van der Waals surface area contributed by atoms with E-state index in [1.807, 2.05) is 0 Å². The zero-order valence-electron chi connectivity index (χ0n) is 17.9. The molecule has 0 aromatic heterocycles. The normalized spacial score (nSPS) is 13.0. The van der Waals surface area contributed by atoms with Crippen LogP contribution in [-0.2, 0) is 33.2 Å². The first-order valence-electron chi connectivity index (χ1n) is 9.51. The summed E-state index contributed by atoms with van der Waals surface area (Å²) in [6.07, 6.45) is 5.92. The fraction of sp³-hybridized carbons (Fsp3) is 0.800. The molecule has 0 aliphatic carbocycles. The van der Waals surface area contributed by atoms with Crippen molar-refractivity contribution in [2.24, 2.45) is 0 Å². The standard InChI is InChI=1S/C20H38O7/c1-7-9-11-17(21-3)19(23-5)13-25-15-27-16-26-14-20(24-6)18(22-4)12-10-8-2/h7-16H2,1-6H3. The Morgan fingerprint density at radius 3 is 1.19 bits per heavy atom. The predicted octanol–water partition coefficient (Wildman–Crippen LogP) is 4.34. The molecule has 0 amide bonds. The largest absolute Gasteiger partial charge is 0.498 e. The number of ether oxygens (including phenoxy) is 7. The van der Waals surface area contributed by atoms with Crippen molar-refractivity contribution in [2.45, 2.75) is 52.4 Å². The van der Waals surface area contributed by atoms with Crippen molar-refractivity contribution in [3.63, 3.8) is 0 Å². The van der Waals surface area contributed by atoms with Crippen molar-refractivity contribution in [2.75, 3.05) is 55.2 Å². The average molecular weight is 391 g/mol. The molecule has 0 aromatic carbocycles. The van der Waals surface area contributed by atoms with E-state index in [1.54, 1.807) is 28.4 Å². The van der Waals surface area contributed by atoms with Crippen LogP contribution in [0.2, 0.25) is 0 Å². The zero-order chi connectivity index (χ0) is 20.3. The Bertz CT molecular complexity index is 381. The van der Waals surface area contributed by atoms with E-state index >= 15 is 0 Å². The smallest absolute Gasteiger partial charge is 0.159 e. The second-order valence-corrected chi connectivity index (χ2v) is 5.85. The number of unbranched alkanes of at least 4 members (excludes halogenated alkanes) is 2. The molecular formula is C20H38O7. The Kier molecular flexibility index (Phi) is 17.0. The van der Waals surface area contributed by atoms with E-state index in [4.69, 9.17) is 33.2 Å². The van der Waals surface area contributed by atoms with Gasteiger partial charge in [0.05, 0.1) is 28.4 Å². The second-order valence-electron chi connectivity index (χ2n) is 5.85. The third-order valence-corrected chi connectivity index (χ3v) is 3.92. The molecular weight excluding hydrogens is 352 g/mol. The highest BCUT2D eigenvalue weighted by Gasteiger charge is 2.09. The molecule has 0 N–H and O–H groups in total. The van der Waals surface area contributed by atoms with Gasteiger partial charge in [-0.25, -0.2) is 0 Å². The lowest BCUT2D eigenvalue weighted by Crippen LogP contribution is -2.11. The molecule has 0 unspecified atom stereocenters. The molecule has 160 valence electrons. The van der Waals surface area contributed by atoms with Crippen molar-refractivity contribution in [1.29, 1.82) is 0 Å². The van der Waals surface area contributed by atoms with E-state index < -0.39 is 0 Å². The summed E-state index contributed by atoms with van der Waals surface area (Å²) in [6, 6.07) is 0. The molecule has 0 aromatic rings. The minimum atomic E-state index is 0.0939. The summed E-state index contributed by atoms with van der Waals surface area (Å²) < 4.78 is 37.7. The first-order chi connectivity index (χ1) is 13.2. The minimum absolute atomic E-state index is 0.0939. The maximum Gasteiger partial charge on any atom is 0.159 e. The molecule has 7 nitrogen and oxygen atoms in total. The maximum absolute atomic E-state index is 5.47. The summed E-state index contributed by atoms with van der Waals surface area (Å²) in [5, 5.41) is 0. The lowest BCUT2D eigenvalue weighted by atomic mass is 10.2. The van der Waals surface area contributed by atoms with Crippen LogP contribution in [0.1, 0.15) is 52.4 Å². The number of hydrogen-bond acceptors (Lipinski definition) is 7. The molecule has 27 heavy (non-hydrogen) atoms. The molecule has 0 atom stereocenters. The van der Waals surface area contributed by atoms with Crippen molar-refractivity contribution in [3.05, 3.63) is 23.0 Å². The molecule has 0 rings (SSSR count). The molecule has 0 aliphatic heterocycles. The van der Waals surface area contributed by atoms with Gasteiger partial charge in [0.25, 0.3) is 0 Å². The van der Waals surface area contributed by atoms with Gasteiger partial charge in [-0.15, -0.1) is 0 Å². The van der Waals surface area contributed by atoms with Gasteiger partial charge in [0.15, 0.2) is 11.5 Å². The maximum atomic E-state index is 5.47. The van der Waals surface area contributed by atoms with Crippen LogP contribution in [0.5, 0.6) is 0 Å². The van der Waals surface area contributed by atoms with Gasteiger partial charge in [0, 0.05) is 12.8 Å². The minimum Gasteiger partial charge on any atom is -0.498 e. The van der Waals surface area contributed by atoms with Gasteiger partial charge in [-0.1, -0.05) is 26.7 Å². The van der Waals surface area contributed by atoms with Crippen LogP contribution in [0.15, 0.2) is 23.0 Å². The summed E-state index contributed by atoms with van der Waals surface area (Å²) in [5.41, 5.74) is 0. The summed E-state index contributed by atoms with van der Waals surface area (Å²) >= 11 is 0. The van der Waals surface area contributed by atoms with Crippen LogP contribution in [0.3, 0.4) is 0 Å². The molecule has 0 aliphatic rings. The lowest BCUT2D eigenvalue weighted by Gasteiger charge is -2.14. The topological polar surface area (TPSA) is 64.6 Å². The summed E-state index contributed by atoms with van der Waals surface area (Å²) in [6.45, 7) is 5.03. The van der Waals surface area contributed by atoms with E-state index in [2.05, 4.69) is 13.8 Å². The SMILES string of the molecule is CCCCC(OC)=C(COCOCOCC(OC)=C(CCCC)OC)OC. The van der Waals surface area contributed by atoms with Gasteiger partial charge < -0.3 is 33.2 Å². The number of hydrogen-bond donors (Lipinski definition) is 0. The van der Waals surface area contributed by atoms with Crippen LogP contribution < -0.4 is 0 Å². The zero-order valence-corrected chi connectivity index (χ0v) is 17.9. The first kappa shape index (κ1) is 25.6. The molecule has 0 spiro atoms. The molecule has 0 heterocycles. The summed E-state index contributed by atoms with van der Waals surface area (Å²) in [7, 11) is 6.50.